The molecule has 0 aliphatic carbocycles. The molecule has 0 radical (unpaired) electrons. The van der Waals surface area contributed by atoms with Gasteiger partial charge < -0.3 is 20.4 Å². The summed E-state index contributed by atoms with van der Waals surface area (Å²) in [6.45, 7) is 7.35. The molecule has 3 rings (SSSR count). The van der Waals surface area contributed by atoms with Crippen molar-refractivity contribution in [3.8, 4) is 0 Å². The molecule has 0 aromatic carbocycles. The summed E-state index contributed by atoms with van der Waals surface area (Å²) in [5, 5.41) is 25.1. The zero-order valence-corrected chi connectivity index (χ0v) is 18.0. The van der Waals surface area contributed by atoms with E-state index < -0.39 is 18.0 Å². The molecule has 158 valence electrons. The molecule has 0 saturated carbocycles. The van der Waals surface area contributed by atoms with E-state index in [0.717, 1.165) is 23.3 Å². The Kier molecular flexibility index (Phi) is 6.27. The molecule has 3 heterocycles. The van der Waals surface area contributed by atoms with Crippen molar-refractivity contribution < 1.29 is 24.6 Å². The number of carboxylic acid groups (broad SMARTS) is 1. The maximum absolute atomic E-state index is 12.4. The molecule has 0 spiro atoms. The first kappa shape index (κ1) is 21.7. The standard InChI is InChI=1S/C17H23N5O5S2/c1-6(2)18-5-9(24)19-16-20-17(29-21-16)28-13-7(3)11-10(8(4)23)14(25)22(11)12(13)15(26)27/h6-8,10-11,18,23H,5H2,1-4H3,(H,26,27)(H,19,21,24)/t7-,8-,10-,11-/m1/s1. The third-order valence-corrected chi connectivity index (χ3v) is 6.87. The number of carbonyl (C=O) groups excluding carboxylic acids is 2. The summed E-state index contributed by atoms with van der Waals surface area (Å²) in [6.07, 6.45) is -0.853. The molecule has 0 unspecified atom stereocenters. The Balaban J connectivity index is 1.74. The Bertz CT molecular complexity index is 868. The fourth-order valence-corrected chi connectivity index (χ4v) is 5.35. The number of aliphatic carboxylic acids is 1. The Morgan fingerprint density at radius 1 is 1.34 bits per heavy atom. The first-order chi connectivity index (χ1) is 13.6. The van der Waals surface area contributed by atoms with Crippen molar-refractivity contribution in [3.05, 3.63) is 10.6 Å². The van der Waals surface area contributed by atoms with E-state index in [0.29, 0.717) is 9.24 Å². The van der Waals surface area contributed by atoms with E-state index in [2.05, 4.69) is 20.0 Å². The molecule has 1 aromatic heterocycles. The molecule has 4 N–H and O–H groups in total. The number of hydrogen-bond acceptors (Lipinski definition) is 9. The molecule has 4 atom stereocenters. The summed E-state index contributed by atoms with van der Waals surface area (Å²) >= 11 is 2.16. The van der Waals surface area contributed by atoms with Gasteiger partial charge in [0.2, 0.25) is 17.8 Å². The van der Waals surface area contributed by atoms with Crippen LogP contribution in [0.15, 0.2) is 14.9 Å². The minimum Gasteiger partial charge on any atom is -0.477 e. The molecule has 1 aromatic rings. The van der Waals surface area contributed by atoms with E-state index in [1.807, 2.05) is 20.8 Å². The van der Waals surface area contributed by atoms with Gasteiger partial charge in [0.25, 0.3) is 0 Å². The quantitative estimate of drug-likeness (QED) is 0.429. The fourth-order valence-electron chi connectivity index (χ4n) is 3.52. The van der Waals surface area contributed by atoms with Crippen molar-refractivity contribution in [2.45, 2.75) is 50.2 Å². The van der Waals surface area contributed by atoms with Crippen LogP contribution in [0.4, 0.5) is 5.95 Å². The highest BCUT2D eigenvalue weighted by molar-refractivity contribution is 8.04. The van der Waals surface area contributed by atoms with Gasteiger partial charge in [0.15, 0.2) is 4.34 Å². The van der Waals surface area contributed by atoms with E-state index in [1.165, 1.54) is 11.8 Å². The summed E-state index contributed by atoms with van der Waals surface area (Å²) in [7, 11) is 0. The van der Waals surface area contributed by atoms with Gasteiger partial charge in [0.1, 0.15) is 5.70 Å². The van der Waals surface area contributed by atoms with Crippen molar-refractivity contribution in [1.29, 1.82) is 0 Å². The van der Waals surface area contributed by atoms with Gasteiger partial charge in [-0.05, 0) is 18.5 Å². The summed E-state index contributed by atoms with van der Waals surface area (Å²) in [5.41, 5.74) is -0.0729. The number of hydrogen-bond donors (Lipinski definition) is 4. The molecule has 1 fully saturated rings. The third kappa shape index (κ3) is 4.15. The average molecular weight is 442 g/mol. The van der Waals surface area contributed by atoms with Crippen LogP contribution in [0.1, 0.15) is 27.7 Å². The fraction of sp³-hybridized carbons (Fsp3) is 0.588. The zero-order valence-electron chi connectivity index (χ0n) is 16.4. The number of nitrogens with zero attached hydrogens (tertiary/aromatic N) is 3. The predicted octanol–water partition coefficient (Wildman–Crippen LogP) is 0.720. The molecular weight excluding hydrogens is 418 g/mol. The molecule has 2 amide bonds. The van der Waals surface area contributed by atoms with Gasteiger partial charge in [0, 0.05) is 16.9 Å². The van der Waals surface area contributed by atoms with Crippen LogP contribution in [0.3, 0.4) is 0 Å². The normalized spacial score (nSPS) is 24.6. The highest BCUT2D eigenvalue weighted by Gasteiger charge is 2.60. The molecule has 12 heteroatoms. The number of aliphatic hydroxyl groups is 1. The van der Waals surface area contributed by atoms with Crippen LogP contribution in [0.25, 0.3) is 0 Å². The molecule has 0 bridgehead atoms. The number of amides is 2. The van der Waals surface area contributed by atoms with Crippen LogP contribution < -0.4 is 10.6 Å². The van der Waals surface area contributed by atoms with Crippen LogP contribution in [-0.4, -0.2) is 67.0 Å². The lowest BCUT2D eigenvalue weighted by molar-refractivity contribution is -0.163. The van der Waals surface area contributed by atoms with Gasteiger partial charge in [-0.15, -0.1) is 0 Å². The summed E-state index contributed by atoms with van der Waals surface area (Å²) < 4.78 is 4.55. The number of rotatable bonds is 8. The van der Waals surface area contributed by atoms with Gasteiger partial charge in [-0.25, -0.2) is 4.79 Å². The SMILES string of the molecule is CC(C)NCC(=O)Nc1nsc(SC2=C(C(=O)O)N3C(=O)[C@H]([C@@H](C)O)[C@H]3[C@H]2C)n1. The van der Waals surface area contributed by atoms with Gasteiger partial charge >= 0.3 is 5.97 Å². The summed E-state index contributed by atoms with van der Waals surface area (Å²) in [6, 6.07) is -0.218. The van der Waals surface area contributed by atoms with Crippen molar-refractivity contribution in [1.82, 2.24) is 19.6 Å². The van der Waals surface area contributed by atoms with Gasteiger partial charge in [0.05, 0.1) is 24.6 Å². The van der Waals surface area contributed by atoms with Crippen LogP contribution in [-0.2, 0) is 14.4 Å². The minimum absolute atomic E-state index is 0.0729. The topological polar surface area (TPSA) is 145 Å². The lowest BCUT2D eigenvalue weighted by Crippen LogP contribution is -2.63. The second-order valence-corrected chi connectivity index (χ2v) is 9.38. The van der Waals surface area contributed by atoms with E-state index in [9.17, 15) is 24.6 Å². The first-order valence-corrected chi connectivity index (χ1v) is 10.7. The van der Waals surface area contributed by atoms with Gasteiger partial charge in [-0.1, -0.05) is 32.5 Å². The van der Waals surface area contributed by atoms with E-state index >= 15 is 0 Å². The van der Waals surface area contributed by atoms with Gasteiger partial charge in [-0.3, -0.25) is 14.9 Å². The number of carbonyl (C=O) groups is 3. The monoisotopic (exact) mass is 441 g/mol. The smallest absolute Gasteiger partial charge is 0.353 e. The number of anilines is 1. The molecule has 1 saturated heterocycles. The lowest BCUT2D eigenvalue weighted by atomic mass is 9.79. The lowest BCUT2D eigenvalue weighted by Gasteiger charge is -2.46. The molecule has 29 heavy (non-hydrogen) atoms. The Morgan fingerprint density at radius 3 is 2.62 bits per heavy atom. The summed E-state index contributed by atoms with van der Waals surface area (Å²) in [5.74, 6) is -2.58. The van der Waals surface area contributed by atoms with Crippen LogP contribution >= 0.6 is 23.3 Å². The highest BCUT2D eigenvalue weighted by Crippen LogP contribution is 2.52. The average Bonchev–Trinajstić information content (AvgIpc) is 3.15. The number of carboxylic acids is 1. The molecule has 2 aliphatic rings. The number of aliphatic hydroxyl groups excluding tert-OH is 1. The van der Waals surface area contributed by atoms with Crippen molar-refractivity contribution >= 4 is 47.0 Å². The Hall–Kier alpha value is -2.02. The minimum atomic E-state index is -1.20. The number of aromatic nitrogens is 2. The molecule has 10 nitrogen and oxygen atoms in total. The maximum Gasteiger partial charge on any atom is 0.353 e. The Morgan fingerprint density at radius 2 is 2.03 bits per heavy atom. The maximum atomic E-state index is 12.4. The zero-order chi connectivity index (χ0) is 21.5. The van der Waals surface area contributed by atoms with Crippen molar-refractivity contribution in [2.24, 2.45) is 11.8 Å². The van der Waals surface area contributed by atoms with E-state index in [1.54, 1.807) is 0 Å². The van der Waals surface area contributed by atoms with Crippen LogP contribution in [0.5, 0.6) is 0 Å². The molecule has 2 aliphatic heterocycles. The first-order valence-electron chi connectivity index (χ1n) is 9.15. The predicted molar refractivity (Wildman–Crippen MR) is 107 cm³/mol. The Labute approximate surface area is 175 Å². The second kappa shape index (κ2) is 8.38. The second-order valence-electron chi connectivity index (χ2n) is 7.34. The number of β-lactam (4-membered cyclic amide) rings is 1. The third-order valence-electron chi connectivity index (χ3n) is 4.84. The largest absolute Gasteiger partial charge is 0.477 e. The van der Waals surface area contributed by atoms with E-state index in [4.69, 9.17) is 0 Å². The number of fused-ring (bicyclic) bond motifs is 1. The summed E-state index contributed by atoms with van der Waals surface area (Å²) in [4.78, 5) is 42.1. The van der Waals surface area contributed by atoms with Crippen molar-refractivity contribution in [2.75, 3.05) is 11.9 Å². The highest BCUT2D eigenvalue weighted by atomic mass is 32.2. The molecular formula is C17H23N5O5S2. The van der Waals surface area contributed by atoms with Crippen LogP contribution in [0, 0.1) is 11.8 Å². The number of thioether (sulfide) groups is 1. The van der Waals surface area contributed by atoms with Crippen molar-refractivity contribution in [3.63, 3.8) is 0 Å². The van der Waals surface area contributed by atoms with E-state index in [-0.39, 0.29) is 48.0 Å². The number of nitrogens with one attached hydrogen (secondary N) is 2. The van der Waals surface area contributed by atoms with Crippen LogP contribution in [0.2, 0.25) is 0 Å². The van der Waals surface area contributed by atoms with Gasteiger partial charge in [-0.2, -0.15) is 9.36 Å².